The van der Waals surface area contributed by atoms with Crippen molar-refractivity contribution < 1.29 is 0 Å². The number of fused-ring (bicyclic) bond motifs is 1. The summed E-state index contributed by atoms with van der Waals surface area (Å²) in [5, 5.41) is 3.44. The van der Waals surface area contributed by atoms with Gasteiger partial charge in [0.1, 0.15) is 5.52 Å². The molecule has 98 valence electrons. The number of rotatable bonds is 6. The third-order valence-corrected chi connectivity index (χ3v) is 3.90. The molecule has 0 aliphatic heterocycles. The van der Waals surface area contributed by atoms with Crippen molar-refractivity contribution in [2.45, 2.75) is 26.4 Å². The summed E-state index contributed by atoms with van der Waals surface area (Å²) in [6, 6.07) is 0.446. The summed E-state index contributed by atoms with van der Waals surface area (Å²) < 4.78 is 0. The monoisotopic (exact) mass is 266 g/mol. The van der Waals surface area contributed by atoms with Crippen molar-refractivity contribution in [3.05, 3.63) is 28.4 Å². The van der Waals surface area contributed by atoms with Gasteiger partial charge in [-0.1, -0.05) is 6.92 Å². The number of aromatic nitrogens is 3. The second kappa shape index (κ2) is 6.06. The highest BCUT2D eigenvalue weighted by Gasteiger charge is 2.08. The fraction of sp³-hybridized carbons (Fsp3) is 0.500. The highest BCUT2D eigenvalue weighted by molar-refractivity contribution is 7.99. The van der Waals surface area contributed by atoms with E-state index in [0.29, 0.717) is 11.6 Å². The maximum Gasteiger partial charge on any atom is 0.275 e. The van der Waals surface area contributed by atoms with Crippen LogP contribution in [-0.2, 0) is 6.54 Å². The first-order valence-electron chi connectivity index (χ1n) is 6.07. The zero-order valence-electron chi connectivity index (χ0n) is 10.6. The van der Waals surface area contributed by atoms with Gasteiger partial charge in [0.05, 0.1) is 11.8 Å². The number of hydrogen-bond acceptors (Lipinski definition) is 4. The molecule has 0 amide bonds. The number of thioether (sulfide) groups is 1. The fourth-order valence-corrected chi connectivity index (χ4v) is 2.48. The van der Waals surface area contributed by atoms with Crippen molar-refractivity contribution in [2.75, 3.05) is 11.5 Å². The summed E-state index contributed by atoms with van der Waals surface area (Å²) in [5.74, 6) is 2.23. The Hall–Kier alpha value is -1.27. The first-order chi connectivity index (χ1) is 8.72. The van der Waals surface area contributed by atoms with Crippen LogP contribution < -0.4 is 10.9 Å². The molecule has 0 aromatic carbocycles. The molecule has 0 spiro atoms. The van der Waals surface area contributed by atoms with Gasteiger partial charge in [0.15, 0.2) is 0 Å². The Kier molecular flexibility index (Phi) is 4.43. The van der Waals surface area contributed by atoms with Crippen LogP contribution in [0.25, 0.3) is 11.0 Å². The van der Waals surface area contributed by atoms with E-state index in [4.69, 9.17) is 0 Å². The van der Waals surface area contributed by atoms with E-state index in [1.807, 2.05) is 18.0 Å². The quantitative estimate of drug-likeness (QED) is 0.740. The molecule has 0 saturated carbocycles. The Balaban J connectivity index is 2.04. The molecule has 6 heteroatoms. The third kappa shape index (κ3) is 2.94. The summed E-state index contributed by atoms with van der Waals surface area (Å²) in [6.07, 6.45) is 3.29. The van der Waals surface area contributed by atoms with Crippen molar-refractivity contribution in [1.29, 1.82) is 0 Å². The van der Waals surface area contributed by atoms with Crippen LogP contribution in [0.3, 0.4) is 0 Å². The van der Waals surface area contributed by atoms with E-state index >= 15 is 0 Å². The van der Waals surface area contributed by atoms with E-state index < -0.39 is 0 Å². The van der Waals surface area contributed by atoms with Gasteiger partial charge in [0.25, 0.3) is 5.56 Å². The molecule has 1 atom stereocenters. The van der Waals surface area contributed by atoms with Gasteiger partial charge in [-0.05, 0) is 12.7 Å². The molecule has 0 fully saturated rings. The molecule has 2 aromatic rings. The van der Waals surface area contributed by atoms with Crippen molar-refractivity contribution in [1.82, 2.24) is 20.3 Å². The predicted molar refractivity (Wildman–Crippen MR) is 76.0 cm³/mol. The molecule has 0 unspecified atom stereocenters. The molecule has 0 aliphatic rings. The summed E-state index contributed by atoms with van der Waals surface area (Å²) in [7, 11) is 0. The Labute approximate surface area is 110 Å². The summed E-state index contributed by atoms with van der Waals surface area (Å²) >= 11 is 1.92. The van der Waals surface area contributed by atoms with Gasteiger partial charge >= 0.3 is 0 Å². The third-order valence-electron chi connectivity index (χ3n) is 2.76. The SMILES string of the molecule is CCSC[C@H](C)NCc1c[nH]c2c(=O)[nH]cnc12. The molecular weight excluding hydrogens is 248 g/mol. The lowest BCUT2D eigenvalue weighted by atomic mass is 10.2. The van der Waals surface area contributed by atoms with Crippen LogP contribution >= 0.6 is 11.8 Å². The molecule has 5 nitrogen and oxygen atoms in total. The molecule has 2 heterocycles. The molecule has 0 radical (unpaired) electrons. The largest absolute Gasteiger partial charge is 0.355 e. The van der Waals surface area contributed by atoms with E-state index in [-0.39, 0.29) is 5.56 Å². The van der Waals surface area contributed by atoms with Gasteiger partial charge in [0, 0.05) is 30.1 Å². The lowest BCUT2D eigenvalue weighted by molar-refractivity contribution is 0.597. The lowest BCUT2D eigenvalue weighted by Crippen LogP contribution is -2.27. The zero-order chi connectivity index (χ0) is 13.0. The van der Waals surface area contributed by atoms with Crippen LogP contribution in [0.5, 0.6) is 0 Å². The number of nitrogens with one attached hydrogen (secondary N) is 3. The van der Waals surface area contributed by atoms with E-state index in [1.165, 1.54) is 6.33 Å². The first-order valence-corrected chi connectivity index (χ1v) is 7.22. The standard InChI is InChI=1S/C12H18N4OS/c1-3-18-6-8(2)13-4-9-5-14-11-10(9)15-7-16-12(11)17/h5,7-8,13-14H,3-4,6H2,1-2H3,(H,15,16,17)/t8-/m0/s1. The number of aromatic amines is 2. The summed E-state index contributed by atoms with van der Waals surface area (Å²) in [4.78, 5) is 21.3. The zero-order valence-corrected chi connectivity index (χ0v) is 11.4. The smallest absolute Gasteiger partial charge is 0.275 e. The molecule has 3 N–H and O–H groups in total. The lowest BCUT2D eigenvalue weighted by Gasteiger charge is -2.12. The normalized spacial score (nSPS) is 13.0. The Morgan fingerprint density at radius 1 is 1.50 bits per heavy atom. The highest BCUT2D eigenvalue weighted by Crippen LogP contribution is 2.11. The minimum absolute atomic E-state index is 0.124. The maximum absolute atomic E-state index is 11.5. The van der Waals surface area contributed by atoms with Crippen LogP contribution in [-0.4, -0.2) is 32.5 Å². The number of H-pyrrole nitrogens is 2. The van der Waals surface area contributed by atoms with Gasteiger partial charge in [-0.3, -0.25) is 4.79 Å². The summed E-state index contributed by atoms with van der Waals surface area (Å²) in [6.45, 7) is 5.05. The van der Waals surface area contributed by atoms with Crippen molar-refractivity contribution in [2.24, 2.45) is 0 Å². The molecule has 0 bridgehead atoms. The minimum atomic E-state index is -0.124. The van der Waals surface area contributed by atoms with Crippen LogP contribution in [0.1, 0.15) is 19.4 Å². The molecule has 0 saturated heterocycles. The van der Waals surface area contributed by atoms with E-state index in [9.17, 15) is 4.79 Å². The molecular formula is C12H18N4OS. The minimum Gasteiger partial charge on any atom is -0.355 e. The topological polar surface area (TPSA) is 73.6 Å². The second-order valence-electron chi connectivity index (χ2n) is 4.21. The number of nitrogens with zero attached hydrogens (tertiary/aromatic N) is 1. The Morgan fingerprint density at radius 3 is 3.11 bits per heavy atom. The van der Waals surface area contributed by atoms with Crippen LogP contribution in [0.2, 0.25) is 0 Å². The van der Waals surface area contributed by atoms with Gasteiger partial charge in [-0.25, -0.2) is 4.98 Å². The van der Waals surface area contributed by atoms with Crippen molar-refractivity contribution in [3.63, 3.8) is 0 Å². The van der Waals surface area contributed by atoms with E-state index in [0.717, 1.165) is 29.1 Å². The Bertz CT molecular complexity index is 562. The second-order valence-corrected chi connectivity index (χ2v) is 5.53. The summed E-state index contributed by atoms with van der Waals surface area (Å²) in [5.41, 5.74) is 2.21. The average molecular weight is 266 g/mol. The van der Waals surface area contributed by atoms with Crippen molar-refractivity contribution in [3.8, 4) is 0 Å². The predicted octanol–water partition coefficient (Wildman–Crippen LogP) is 1.48. The Morgan fingerprint density at radius 2 is 2.33 bits per heavy atom. The molecule has 0 aliphatic carbocycles. The van der Waals surface area contributed by atoms with Crippen LogP contribution in [0.4, 0.5) is 0 Å². The van der Waals surface area contributed by atoms with Crippen LogP contribution in [0.15, 0.2) is 17.3 Å². The first kappa shape index (κ1) is 13.2. The van der Waals surface area contributed by atoms with Crippen molar-refractivity contribution >= 4 is 22.8 Å². The molecule has 2 rings (SSSR count). The number of hydrogen-bond donors (Lipinski definition) is 3. The van der Waals surface area contributed by atoms with Gasteiger partial charge in [-0.2, -0.15) is 11.8 Å². The molecule has 18 heavy (non-hydrogen) atoms. The highest BCUT2D eigenvalue weighted by atomic mass is 32.2. The maximum atomic E-state index is 11.5. The molecule has 2 aromatic heterocycles. The average Bonchev–Trinajstić information content (AvgIpc) is 2.78. The fourth-order valence-electron chi connectivity index (χ4n) is 1.78. The van der Waals surface area contributed by atoms with Gasteiger partial charge in [-0.15, -0.1) is 0 Å². The van der Waals surface area contributed by atoms with Crippen LogP contribution in [0, 0.1) is 0 Å². The van der Waals surface area contributed by atoms with Gasteiger partial charge in [0.2, 0.25) is 0 Å². The van der Waals surface area contributed by atoms with E-state index in [1.54, 1.807) is 0 Å². The van der Waals surface area contributed by atoms with E-state index in [2.05, 4.69) is 34.1 Å². The van der Waals surface area contributed by atoms with Gasteiger partial charge < -0.3 is 15.3 Å².